The zero-order valence-electron chi connectivity index (χ0n) is 18.7. The van der Waals surface area contributed by atoms with Crippen LogP contribution in [0.4, 0.5) is 5.69 Å². The topological polar surface area (TPSA) is 78.9 Å². The molecule has 2 heterocycles. The molecule has 3 aromatic carbocycles. The molecular weight excluding hydrogens is 442 g/mol. The van der Waals surface area contributed by atoms with Crippen LogP contribution in [0.3, 0.4) is 0 Å². The fourth-order valence-corrected chi connectivity index (χ4v) is 4.78. The van der Waals surface area contributed by atoms with Gasteiger partial charge in [0.15, 0.2) is 0 Å². The Kier molecular flexibility index (Phi) is 5.70. The summed E-state index contributed by atoms with van der Waals surface area (Å²) in [5, 5.41) is 18.2. The fourth-order valence-electron chi connectivity index (χ4n) is 3.99. The number of para-hydroxylation sites is 1. The van der Waals surface area contributed by atoms with Crippen molar-refractivity contribution in [1.82, 2.24) is 4.98 Å². The molecule has 0 spiro atoms. The number of benzene rings is 3. The van der Waals surface area contributed by atoms with Gasteiger partial charge in [0.05, 0.1) is 11.3 Å². The van der Waals surface area contributed by atoms with Crippen LogP contribution in [0.5, 0.6) is 0 Å². The first-order valence-electron chi connectivity index (χ1n) is 10.9. The minimum atomic E-state index is -0.453. The van der Waals surface area contributed by atoms with Crippen molar-refractivity contribution in [1.29, 1.82) is 5.26 Å². The second-order valence-electron chi connectivity index (χ2n) is 8.24. The summed E-state index contributed by atoms with van der Waals surface area (Å²) in [5.74, 6) is 0.345. The van der Waals surface area contributed by atoms with Crippen LogP contribution in [-0.4, -0.2) is 4.98 Å². The summed E-state index contributed by atoms with van der Waals surface area (Å²) < 4.78 is 5.61. The SMILES string of the molecule is CC(C)c1ccccc1N/C=C(\C#N)c1nc(-c2cc3c(ccc4ccccc43)oc2=O)cs1. The van der Waals surface area contributed by atoms with Gasteiger partial charge in [-0.15, -0.1) is 11.3 Å². The van der Waals surface area contributed by atoms with Gasteiger partial charge in [0.2, 0.25) is 0 Å². The largest absolute Gasteiger partial charge is 0.422 e. The van der Waals surface area contributed by atoms with E-state index >= 15 is 0 Å². The van der Waals surface area contributed by atoms with Gasteiger partial charge in [0, 0.05) is 22.7 Å². The number of nitriles is 1. The number of rotatable bonds is 5. The summed E-state index contributed by atoms with van der Waals surface area (Å²) in [7, 11) is 0. The van der Waals surface area contributed by atoms with Crippen molar-refractivity contribution in [3.8, 4) is 17.3 Å². The van der Waals surface area contributed by atoms with Crippen LogP contribution < -0.4 is 10.9 Å². The van der Waals surface area contributed by atoms with Crippen molar-refractivity contribution < 1.29 is 4.42 Å². The quantitative estimate of drug-likeness (QED) is 0.170. The Morgan fingerprint density at radius 3 is 2.71 bits per heavy atom. The maximum atomic E-state index is 12.7. The third-order valence-corrected chi connectivity index (χ3v) is 6.60. The number of anilines is 1. The van der Waals surface area contributed by atoms with E-state index in [4.69, 9.17) is 4.42 Å². The zero-order valence-corrected chi connectivity index (χ0v) is 19.5. The molecule has 0 saturated heterocycles. The van der Waals surface area contributed by atoms with Gasteiger partial charge in [-0.2, -0.15) is 5.26 Å². The lowest BCUT2D eigenvalue weighted by Gasteiger charge is -2.12. The zero-order chi connectivity index (χ0) is 23.7. The van der Waals surface area contributed by atoms with Crippen molar-refractivity contribution in [2.24, 2.45) is 0 Å². The molecule has 0 atom stereocenters. The van der Waals surface area contributed by atoms with Gasteiger partial charge in [0.25, 0.3) is 0 Å². The number of allylic oxidation sites excluding steroid dienone is 1. The van der Waals surface area contributed by atoms with Crippen LogP contribution in [0.25, 0.3) is 38.6 Å². The van der Waals surface area contributed by atoms with Crippen LogP contribution >= 0.6 is 11.3 Å². The summed E-state index contributed by atoms with van der Waals surface area (Å²) in [6.45, 7) is 4.25. The molecule has 5 rings (SSSR count). The molecule has 0 unspecified atom stereocenters. The molecule has 0 saturated carbocycles. The Labute approximate surface area is 200 Å². The third kappa shape index (κ3) is 3.98. The minimum Gasteiger partial charge on any atom is -0.422 e. The summed E-state index contributed by atoms with van der Waals surface area (Å²) >= 11 is 1.32. The molecule has 5 nitrogen and oxygen atoms in total. The Balaban J connectivity index is 1.52. The molecule has 1 N–H and O–H groups in total. The van der Waals surface area contributed by atoms with E-state index in [0.717, 1.165) is 27.4 Å². The highest BCUT2D eigenvalue weighted by molar-refractivity contribution is 7.11. The number of aromatic nitrogens is 1. The third-order valence-electron chi connectivity index (χ3n) is 5.73. The van der Waals surface area contributed by atoms with E-state index in [1.165, 1.54) is 11.3 Å². The normalized spacial score (nSPS) is 11.8. The number of hydrogen-bond donors (Lipinski definition) is 1. The molecule has 5 aromatic rings. The maximum Gasteiger partial charge on any atom is 0.345 e. The summed E-state index contributed by atoms with van der Waals surface area (Å²) in [6, 6.07) is 23.8. The standard InChI is InChI=1S/C28H21N3O2S/c1-17(2)20-8-5-6-10-24(20)30-15-19(14-29)27-31-25(16-34-27)23-13-22-21-9-4-3-7-18(21)11-12-26(22)33-28(23)32/h3-13,15-17,30H,1-2H3/b19-15+. The molecule has 2 aromatic heterocycles. The van der Waals surface area contributed by atoms with Crippen molar-refractivity contribution >= 4 is 44.3 Å². The van der Waals surface area contributed by atoms with Crippen LogP contribution in [-0.2, 0) is 0 Å². The van der Waals surface area contributed by atoms with Crippen molar-refractivity contribution in [3.63, 3.8) is 0 Å². The van der Waals surface area contributed by atoms with E-state index in [-0.39, 0.29) is 0 Å². The number of thiazole rings is 1. The van der Waals surface area contributed by atoms with Gasteiger partial charge in [-0.1, -0.05) is 62.4 Å². The first-order chi connectivity index (χ1) is 16.5. The number of nitrogens with one attached hydrogen (secondary N) is 1. The molecule has 0 amide bonds. The van der Waals surface area contributed by atoms with Gasteiger partial charge in [0.1, 0.15) is 22.2 Å². The number of hydrogen-bond acceptors (Lipinski definition) is 6. The molecule has 166 valence electrons. The van der Waals surface area contributed by atoms with Gasteiger partial charge < -0.3 is 9.73 Å². The smallest absolute Gasteiger partial charge is 0.345 e. The van der Waals surface area contributed by atoms with E-state index in [0.29, 0.717) is 33.3 Å². The lowest BCUT2D eigenvalue weighted by molar-refractivity contribution is 0.563. The monoisotopic (exact) mass is 463 g/mol. The van der Waals surface area contributed by atoms with Crippen LogP contribution in [0.15, 0.2) is 87.5 Å². The molecular formula is C28H21N3O2S. The first-order valence-corrected chi connectivity index (χ1v) is 11.8. The molecule has 6 heteroatoms. The van der Waals surface area contributed by atoms with Crippen LogP contribution in [0.1, 0.15) is 30.3 Å². The predicted molar refractivity (Wildman–Crippen MR) is 139 cm³/mol. The van der Waals surface area contributed by atoms with Crippen LogP contribution in [0.2, 0.25) is 0 Å². The summed E-state index contributed by atoms with van der Waals surface area (Å²) in [4.78, 5) is 17.3. The molecule has 0 radical (unpaired) electrons. The highest BCUT2D eigenvalue weighted by Gasteiger charge is 2.15. The average Bonchev–Trinajstić information content (AvgIpc) is 3.34. The molecule has 0 fully saturated rings. The highest BCUT2D eigenvalue weighted by atomic mass is 32.1. The van der Waals surface area contributed by atoms with Gasteiger partial charge >= 0.3 is 5.63 Å². The number of nitrogens with zero attached hydrogens (tertiary/aromatic N) is 2. The maximum absolute atomic E-state index is 12.7. The molecule has 0 aliphatic carbocycles. The average molecular weight is 464 g/mol. The van der Waals surface area contributed by atoms with E-state index in [9.17, 15) is 10.1 Å². The highest BCUT2D eigenvalue weighted by Crippen LogP contribution is 2.30. The van der Waals surface area contributed by atoms with Crippen molar-refractivity contribution in [2.75, 3.05) is 5.32 Å². The lowest BCUT2D eigenvalue weighted by Crippen LogP contribution is -2.03. The Morgan fingerprint density at radius 1 is 1.09 bits per heavy atom. The summed E-state index contributed by atoms with van der Waals surface area (Å²) in [6.07, 6.45) is 1.67. The molecule has 34 heavy (non-hydrogen) atoms. The van der Waals surface area contributed by atoms with Crippen molar-refractivity contribution in [3.05, 3.63) is 99.3 Å². The second-order valence-corrected chi connectivity index (χ2v) is 9.10. The Morgan fingerprint density at radius 2 is 1.88 bits per heavy atom. The van der Waals surface area contributed by atoms with Crippen molar-refractivity contribution in [2.45, 2.75) is 19.8 Å². The van der Waals surface area contributed by atoms with E-state index in [2.05, 4.69) is 36.3 Å². The van der Waals surface area contributed by atoms with E-state index < -0.39 is 5.63 Å². The molecule has 0 aliphatic rings. The second kappa shape index (κ2) is 8.97. The fraction of sp³-hybridized carbons (Fsp3) is 0.107. The molecule has 0 bridgehead atoms. The Hall–Kier alpha value is -4.21. The first kappa shape index (κ1) is 21.6. The van der Waals surface area contributed by atoms with E-state index in [1.807, 2.05) is 60.7 Å². The lowest BCUT2D eigenvalue weighted by atomic mass is 10.0. The number of fused-ring (bicyclic) bond motifs is 3. The summed E-state index contributed by atoms with van der Waals surface area (Å²) in [5.41, 5.74) is 3.46. The van der Waals surface area contributed by atoms with Gasteiger partial charge in [-0.3, -0.25) is 0 Å². The van der Waals surface area contributed by atoms with Gasteiger partial charge in [-0.25, -0.2) is 9.78 Å². The van der Waals surface area contributed by atoms with E-state index in [1.54, 1.807) is 11.6 Å². The van der Waals surface area contributed by atoms with Gasteiger partial charge in [-0.05, 0) is 40.5 Å². The minimum absolute atomic E-state index is 0.345. The van der Waals surface area contributed by atoms with Crippen LogP contribution in [0, 0.1) is 11.3 Å². The predicted octanol–water partition coefficient (Wildman–Crippen LogP) is 7.17. The molecule has 0 aliphatic heterocycles. The Bertz CT molecular complexity index is 1650.